The number of hydrogen-bond donors (Lipinski definition) is 1. The van der Waals surface area contributed by atoms with Crippen LogP contribution in [0.2, 0.25) is 0 Å². The van der Waals surface area contributed by atoms with Crippen LogP contribution in [-0.2, 0) is 27.2 Å². The molecule has 0 aliphatic rings. The first kappa shape index (κ1) is 16.0. The summed E-state index contributed by atoms with van der Waals surface area (Å²) < 4.78 is 0. The van der Waals surface area contributed by atoms with Crippen molar-refractivity contribution in [3.63, 3.8) is 0 Å². The van der Waals surface area contributed by atoms with Gasteiger partial charge in [-0.05, 0) is 0 Å². The Balaban J connectivity index is -0.0000000200. The van der Waals surface area contributed by atoms with Crippen molar-refractivity contribution in [2.24, 2.45) is 0 Å². The second-order valence-corrected chi connectivity index (χ2v) is 0.0913. The molecule has 0 aromatic carbocycles. The number of rotatable bonds is 0. The Morgan fingerprint density at radius 2 is 1.60 bits per heavy atom. The van der Waals surface area contributed by atoms with E-state index in [9.17, 15) is 0 Å². The van der Waals surface area contributed by atoms with Crippen molar-refractivity contribution in [2.45, 2.75) is 0 Å². The summed E-state index contributed by atoms with van der Waals surface area (Å²) in [5.41, 5.74) is 0. The Hall–Kier alpha value is 1.59. The molecule has 0 radical (unpaired) electrons. The van der Waals surface area contributed by atoms with E-state index in [1.807, 2.05) is 0 Å². The van der Waals surface area contributed by atoms with Crippen molar-refractivity contribution < 1.29 is 74.0 Å². The molecular formula is CHAgCeO2. The standard InChI is InChI=1S/CHO2.Ag.Ce/c2-1-3;;/h(H,2,3);;/q-1;+1;. The van der Waals surface area contributed by atoms with Crippen LogP contribution >= 0.6 is 0 Å². The van der Waals surface area contributed by atoms with Gasteiger partial charge in [0.05, 0.1) is 0 Å². The largest absolute Gasteiger partial charge is 1.00 e. The molecule has 0 amide bonds. The molecule has 0 rings (SSSR count). The van der Waals surface area contributed by atoms with E-state index in [2.05, 4.69) is 0 Å². The van der Waals surface area contributed by atoms with Gasteiger partial charge in [0.1, 0.15) is 0 Å². The van der Waals surface area contributed by atoms with E-state index in [1.165, 1.54) is 0 Å². The van der Waals surface area contributed by atoms with Gasteiger partial charge in [-0.1, -0.05) is 6.47 Å². The van der Waals surface area contributed by atoms with Crippen LogP contribution in [0.4, 0.5) is 0 Å². The smallest absolute Gasteiger partial charge is 0.665 e. The molecule has 2 nitrogen and oxygen atoms in total. The Bertz CT molecular complexity index is 17.1. The van der Waals surface area contributed by atoms with E-state index in [0.717, 1.165) is 0 Å². The van der Waals surface area contributed by atoms with E-state index >= 15 is 0 Å². The summed E-state index contributed by atoms with van der Waals surface area (Å²) in [5.74, 6) is 0. The molecular weight excluding hydrogens is 292 g/mol. The maximum Gasteiger partial charge on any atom is 1.00 e. The minimum absolute atomic E-state index is 0. The van der Waals surface area contributed by atoms with Gasteiger partial charge in [-0.25, -0.2) is 0 Å². The molecule has 0 fully saturated rings. The van der Waals surface area contributed by atoms with Gasteiger partial charge < -0.3 is 9.90 Å². The first-order valence-electron chi connectivity index (χ1n) is 0.428. The monoisotopic (exact) mass is 292 g/mol. The molecule has 5 heavy (non-hydrogen) atoms. The van der Waals surface area contributed by atoms with Crippen molar-refractivity contribution in [3.8, 4) is 0 Å². The number of aliphatic hydroxyl groups excluding tert-OH is 1. The summed E-state index contributed by atoms with van der Waals surface area (Å²) in [6.45, 7) is 0.500. The zero-order valence-corrected chi connectivity index (χ0v) is 6.78. The summed E-state index contributed by atoms with van der Waals surface area (Å²) in [7, 11) is 0. The fourth-order valence-corrected chi connectivity index (χ4v) is 0. The molecule has 0 unspecified atom stereocenters. The van der Waals surface area contributed by atoms with Crippen LogP contribution in [0.3, 0.4) is 0 Å². The Labute approximate surface area is 79.2 Å². The average molecular weight is 293 g/mol. The van der Waals surface area contributed by atoms with Crippen LogP contribution in [0, 0.1) is 41.7 Å². The summed E-state index contributed by atoms with van der Waals surface area (Å²) in [6.07, 6.45) is 0. The quantitative estimate of drug-likeness (QED) is 0.488. The third-order valence-corrected chi connectivity index (χ3v) is 0. The molecule has 0 atom stereocenters. The predicted molar refractivity (Wildman–Crippen MR) is 8.32 cm³/mol. The third-order valence-electron chi connectivity index (χ3n) is 0. The normalized spacial score (nSPS) is 2.40. The van der Waals surface area contributed by atoms with Crippen LogP contribution in [0.5, 0.6) is 0 Å². The zero-order valence-electron chi connectivity index (χ0n) is 2.16. The molecule has 0 spiro atoms. The second-order valence-electron chi connectivity index (χ2n) is 0.0913. The molecule has 0 bridgehead atoms. The van der Waals surface area contributed by atoms with Gasteiger partial charge in [-0.15, -0.1) is 0 Å². The molecule has 0 aliphatic carbocycles. The van der Waals surface area contributed by atoms with Crippen molar-refractivity contribution in [1.29, 1.82) is 0 Å². The first-order valence-corrected chi connectivity index (χ1v) is 0.428. The summed E-state index contributed by atoms with van der Waals surface area (Å²) in [5, 5.41) is 6.76. The van der Waals surface area contributed by atoms with E-state index < -0.39 is 0 Å². The van der Waals surface area contributed by atoms with Crippen molar-refractivity contribution in [1.82, 2.24) is 0 Å². The Morgan fingerprint density at radius 1 is 1.60 bits per heavy atom. The van der Waals surface area contributed by atoms with Crippen LogP contribution in [0.1, 0.15) is 0 Å². The van der Waals surface area contributed by atoms with Crippen molar-refractivity contribution in [2.75, 3.05) is 0 Å². The molecule has 0 saturated heterocycles. The van der Waals surface area contributed by atoms with Gasteiger partial charge in [-0.3, -0.25) is 0 Å². The maximum atomic E-state index is 8.24. The van der Waals surface area contributed by atoms with E-state index in [1.54, 1.807) is 0 Å². The fraction of sp³-hybridized carbons (Fsp3) is 0. The molecule has 0 aromatic heterocycles. The van der Waals surface area contributed by atoms with Gasteiger partial charge in [0.2, 0.25) is 0 Å². The van der Waals surface area contributed by atoms with Gasteiger partial charge in [0, 0.05) is 41.7 Å². The van der Waals surface area contributed by atoms with Crippen molar-refractivity contribution in [3.05, 3.63) is 0 Å². The van der Waals surface area contributed by atoms with Gasteiger partial charge in [0.25, 0.3) is 0 Å². The van der Waals surface area contributed by atoms with Crippen LogP contribution in [-0.4, -0.2) is 11.6 Å². The molecule has 0 saturated carbocycles. The van der Waals surface area contributed by atoms with Crippen LogP contribution in [0.25, 0.3) is 0 Å². The summed E-state index contributed by atoms with van der Waals surface area (Å²) in [6, 6.07) is 0. The van der Waals surface area contributed by atoms with Gasteiger partial charge in [0.15, 0.2) is 0 Å². The van der Waals surface area contributed by atoms with Crippen LogP contribution < -0.4 is 0 Å². The van der Waals surface area contributed by atoms with Gasteiger partial charge >= 0.3 is 22.4 Å². The summed E-state index contributed by atoms with van der Waals surface area (Å²) >= 11 is 0. The Kier molecular flexibility index (Phi) is 56.1. The zero-order chi connectivity index (χ0) is 2.71. The molecule has 0 heterocycles. The molecule has 1 N–H and O–H groups in total. The summed E-state index contributed by atoms with van der Waals surface area (Å²) in [4.78, 5) is 8.24. The minimum Gasteiger partial charge on any atom is -0.665 e. The maximum absolute atomic E-state index is 8.24. The molecule has 4 heteroatoms. The second kappa shape index (κ2) is 17.6. The molecule has 0 aromatic rings. The van der Waals surface area contributed by atoms with E-state index in [-0.39, 0.29) is 64.1 Å². The number of hydrogen-bond acceptors (Lipinski definition) is 1. The Morgan fingerprint density at radius 3 is 1.60 bits per heavy atom. The predicted octanol–water partition coefficient (Wildman–Crippen LogP) is -0.391. The first-order chi connectivity index (χ1) is 1.41. The molecule has 0 aliphatic heterocycles. The van der Waals surface area contributed by atoms with Crippen molar-refractivity contribution >= 4 is 6.47 Å². The van der Waals surface area contributed by atoms with E-state index in [4.69, 9.17) is 9.90 Å². The topological polar surface area (TPSA) is 37.3 Å². The minimum atomic E-state index is 0. The average Bonchev–Trinajstić information content (AvgIpc) is 0.918. The van der Waals surface area contributed by atoms with Gasteiger partial charge in [-0.2, -0.15) is 0 Å². The van der Waals surface area contributed by atoms with Crippen LogP contribution in [0.15, 0.2) is 0 Å². The SMILES string of the molecule is O=[C-]O.[Ag+].[Ce]. The third kappa shape index (κ3) is 28.5. The van der Waals surface area contributed by atoms with E-state index in [0.29, 0.717) is 6.47 Å². The fourth-order valence-electron chi connectivity index (χ4n) is 0. The molecule has 32 valence electrons.